The molecule has 0 saturated carbocycles. The third-order valence-corrected chi connectivity index (χ3v) is 4.76. The van der Waals surface area contributed by atoms with Gasteiger partial charge in [0.15, 0.2) is 0 Å². The SMILES string of the molecule is CCc1ccc(-c2nnn(CC(=O)N[C@@H](C)c3cccs3)n2)cc1. The number of nitrogens with one attached hydrogen (secondary N) is 1. The van der Waals surface area contributed by atoms with Crippen molar-refractivity contribution in [2.24, 2.45) is 0 Å². The van der Waals surface area contributed by atoms with E-state index in [1.54, 1.807) is 11.3 Å². The first-order valence-corrected chi connectivity index (χ1v) is 8.73. The van der Waals surface area contributed by atoms with Crippen molar-refractivity contribution >= 4 is 17.2 Å². The minimum absolute atomic E-state index is 0.0259. The highest BCUT2D eigenvalue weighted by molar-refractivity contribution is 7.10. The summed E-state index contributed by atoms with van der Waals surface area (Å²) in [6.45, 7) is 4.12. The Bertz CT molecular complexity index is 795. The molecule has 0 fully saturated rings. The third-order valence-electron chi connectivity index (χ3n) is 3.71. The van der Waals surface area contributed by atoms with Gasteiger partial charge in [-0.15, -0.1) is 21.5 Å². The number of rotatable bonds is 6. The first-order chi connectivity index (χ1) is 11.7. The van der Waals surface area contributed by atoms with Crippen molar-refractivity contribution in [1.82, 2.24) is 25.5 Å². The van der Waals surface area contributed by atoms with Crippen LogP contribution in [0.4, 0.5) is 0 Å². The lowest BCUT2D eigenvalue weighted by atomic mass is 10.1. The Balaban J connectivity index is 1.61. The van der Waals surface area contributed by atoms with Crippen LogP contribution in [0.1, 0.15) is 30.3 Å². The van der Waals surface area contributed by atoms with Crippen LogP contribution in [0.5, 0.6) is 0 Å². The lowest BCUT2D eigenvalue weighted by Crippen LogP contribution is -2.30. The Morgan fingerprint density at radius 2 is 2.08 bits per heavy atom. The molecule has 0 spiro atoms. The fourth-order valence-corrected chi connectivity index (χ4v) is 3.07. The van der Waals surface area contributed by atoms with Crippen molar-refractivity contribution in [3.05, 3.63) is 52.2 Å². The lowest BCUT2D eigenvalue weighted by molar-refractivity contribution is -0.122. The maximum atomic E-state index is 12.1. The van der Waals surface area contributed by atoms with E-state index in [9.17, 15) is 4.79 Å². The standard InChI is InChI=1S/C17H19N5OS/c1-3-13-6-8-14(9-7-13)17-19-21-22(20-17)11-16(23)18-12(2)15-5-4-10-24-15/h4-10,12H,3,11H2,1-2H3,(H,18,23)/t12-/m0/s1. The molecule has 124 valence electrons. The molecule has 2 aromatic heterocycles. The normalized spacial score (nSPS) is 12.1. The molecule has 1 atom stereocenters. The zero-order valence-electron chi connectivity index (χ0n) is 13.6. The van der Waals surface area contributed by atoms with Crippen LogP contribution in [0.3, 0.4) is 0 Å². The summed E-state index contributed by atoms with van der Waals surface area (Å²) in [7, 11) is 0. The van der Waals surface area contributed by atoms with Gasteiger partial charge in [0.1, 0.15) is 6.54 Å². The molecular formula is C17H19N5OS. The molecule has 3 aromatic rings. The summed E-state index contributed by atoms with van der Waals surface area (Å²) in [4.78, 5) is 14.5. The Morgan fingerprint density at radius 1 is 1.29 bits per heavy atom. The van der Waals surface area contributed by atoms with Gasteiger partial charge in [-0.25, -0.2) is 0 Å². The zero-order valence-corrected chi connectivity index (χ0v) is 14.5. The third kappa shape index (κ3) is 3.86. The monoisotopic (exact) mass is 341 g/mol. The Morgan fingerprint density at radius 3 is 2.75 bits per heavy atom. The maximum Gasteiger partial charge on any atom is 0.244 e. The summed E-state index contributed by atoms with van der Waals surface area (Å²) in [6, 6.07) is 12.0. The van der Waals surface area contributed by atoms with E-state index in [0.29, 0.717) is 5.82 Å². The minimum Gasteiger partial charge on any atom is -0.347 e. The number of nitrogens with zero attached hydrogens (tertiary/aromatic N) is 4. The summed E-state index contributed by atoms with van der Waals surface area (Å²) in [5.41, 5.74) is 2.15. The smallest absolute Gasteiger partial charge is 0.244 e. The number of hydrogen-bond donors (Lipinski definition) is 1. The summed E-state index contributed by atoms with van der Waals surface area (Å²) >= 11 is 1.62. The quantitative estimate of drug-likeness (QED) is 0.748. The van der Waals surface area contributed by atoms with Crippen LogP contribution in [0.15, 0.2) is 41.8 Å². The average molecular weight is 341 g/mol. The maximum absolute atomic E-state index is 12.1. The molecule has 6 nitrogen and oxygen atoms in total. The molecular weight excluding hydrogens is 322 g/mol. The van der Waals surface area contributed by atoms with Gasteiger partial charge in [0.25, 0.3) is 0 Å². The fraction of sp³-hybridized carbons (Fsp3) is 0.294. The van der Waals surface area contributed by atoms with E-state index in [-0.39, 0.29) is 18.5 Å². The van der Waals surface area contributed by atoms with Crippen molar-refractivity contribution in [3.8, 4) is 11.4 Å². The van der Waals surface area contributed by atoms with Crippen molar-refractivity contribution in [2.45, 2.75) is 32.9 Å². The van der Waals surface area contributed by atoms with Crippen LogP contribution in [-0.2, 0) is 17.8 Å². The van der Waals surface area contributed by atoms with Crippen LogP contribution >= 0.6 is 11.3 Å². The summed E-state index contributed by atoms with van der Waals surface area (Å²) in [5.74, 6) is 0.387. The van der Waals surface area contributed by atoms with Crippen molar-refractivity contribution < 1.29 is 4.79 Å². The van der Waals surface area contributed by atoms with Gasteiger partial charge in [0.05, 0.1) is 6.04 Å². The molecule has 0 bridgehead atoms. The Kier molecular flexibility index (Phi) is 5.00. The largest absolute Gasteiger partial charge is 0.347 e. The number of aromatic nitrogens is 4. The van der Waals surface area contributed by atoms with E-state index >= 15 is 0 Å². The van der Waals surface area contributed by atoms with Crippen LogP contribution in [-0.4, -0.2) is 26.1 Å². The molecule has 1 aromatic carbocycles. The van der Waals surface area contributed by atoms with Gasteiger partial charge in [0, 0.05) is 10.4 Å². The highest BCUT2D eigenvalue weighted by Crippen LogP contribution is 2.18. The van der Waals surface area contributed by atoms with Gasteiger partial charge in [-0.3, -0.25) is 4.79 Å². The number of amides is 1. The molecule has 1 N–H and O–H groups in total. The van der Waals surface area contributed by atoms with E-state index < -0.39 is 0 Å². The second-order valence-electron chi connectivity index (χ2n) is 5.50. The van der Waals surface area contributed by atoms with Crippen molar-refractivity contribution in [1.29, 1.82) is 0 Å². The van der Waals surface area contributed by atoms with Crippen LogP contribution in [0.25, 0.3) is 11.4 Å². The summed E-state index contributed by atoms with van der Waals surface area (Å²) in [6.07, 6.45) is 0.989. The molecule has 0 aliphatic rings. The van der Waals surface area contributed by atoms with Crippen molar-refractivity contribution in [2.75, 3.05) is 0 Å². The molecule has 1 amide bonds. The van der Waals surface area contributed by atoms with Crippen molar-refractivity contribution in [3.63, 3.8) is 0 Å². The molecule has 3 rings (SSSR count). The number of benzene rings is 1. The molecule has 7 heteroatoms. The van der Waals surface area contributed by atoms with Crippen LogP contribution in [0.2, 0.25) is 0 Å². The highest BCUT2D eigenvalue weighted by Gasteiger charge is 2.13. The number of carbonyl (C=O) groups is 1. The van der Waals surface area contributed by atoms with E-state index in [4.69, 9.17) is 0 Å². The van der Waals surface area contributed by atoms with Crippen LogP contribution in [0, 0.1) is 0 Å². The van der Waals surface area contributed by atoms with Gasteiger partial charge in [-0.2, -0.15) is 4.80 Å². The lowest BCUT2D eigenvalue weighted by Gasteiger charge is -2.11. The predicted octanol–water partition coefficient (Wildman–Crippen LogP) is 2.84. The van der Waals surface area contributed by atoms with Crippen LogP contribution < -0.4 is 5.32 Å². The van der Waals surface area contributed by atoms with E-state index in [0.717, 1.165) is 16.9 Å². The van der Waals surface area contributed by atoms with Gasteiger partial charge in [-0.05, 0) is 35.6 Å². The number of thiophene rings is 1. The number of hydrogen-bond acceptors (Lipinski definition) is 5. The molecule has 0 aliphatic heterocycles. The van der Waals surface area contributed by atoms with Gasteiger partial charge < -0.3 is 5.32 Å². The first kappa shape index (κ1) is 16.3. The van der Waals surface area contributed by atoms with E-state index in [1.807, 2.05) is 48.7 Å². The molecule has 0 aliphatic carbocycles. The van der Waals surface area contributed by atoms with Gasteiger partial charge in [-0.1, -0.05) is 37.3 Å². The topological polar surface area (TPSA) is 72.7 Å². The zero-order chi connectivity index (χ0) is 16.9. The fourth-order valence-electron chi connectivity index (χ4n) is 2.34. The number of carbonyl (C=O) groups excluding carboxylic acids is 1. The number of aryl methyl sites for hydroxylation is 1. The predicted molar refractivity (Wildman–Crippen MR) is 93.5 cm³/mol. The van der Waals surface area contributed by atoms with E-state index in [2.05, 4.69) is 27.7 Å². The Labute approximate surface area is 144 Å². The molecule has 2 heterocycles. The molecule has 0 saturated heterocycles. The average Bonchev–Trinajstić information content (AvgIpc) is 3.26. The molecule has 0 radical (unpaired) electrons. The molecule has 24 heavy (non-hydrogen) atoms. The van der Waals surface area contributed by atoms with E-state index in [1.165, 1.54) is 10.4 Å². The minimum atomic E-state index is -0.138. The number of tetrazole rings is 1. The molecule has 0 unspecified atom stereocenters. The summed E-state index contributed by atoms with van der Waals surface area (Å²) in [5, 5.41) is 17.2. The van der Waals surface area contributed by atoms with Gasteiger partial charge >= 0.3 is 0 Å². The van der Waals surface area contributed by atoms with Gasteiger partial charge in [0.2, 0.25) is 11.7 Å². The second-order valence-corrected chi connectivity index (χ2v) is 6.48. The Hall–Kier alpha value is -2.54. The summed E-state index contributed by atoms with van der Waals surface area (Å²) < 4.78 is 0. The highest BCUT2D eigenvalue weighted by atomic mass is 32.1. The first-order valence-electron chi connectivity index (χ1n) is 7.85. The second kappa shape index (κ2) is 7.35.